The fourth-order valence-corrected chi connectivity index (χ4v) is 15.0. The maximum atomic E-state index is 10.3. The quantitative estimate of drug-likeness (QED) is 0.172. The van der Waals surface area contributed by atoms with E-state index in [1.54, 1.807) is 0 Å². The van der Waals surface area contributed by atoms with Crippen LogP contribution in [-0.2, 0) is 5.41 Å². The fraction of sp³-hybridized carbons (Fsp3) is 0.0128. The molecule has 19 rings (SSSR count). The van der Waals surface area contributed by atoms with Gasteiger partial charge in [-0.1, -0.05) is 133 Å². The summed E-state index contributed by atoms with van der Waals surface area (Å²) in [7, 11) is 0. The first-order valence-electron chi connectivity index (χ1n) is 29.1. The van der Waals surface area contributed by atoms with Crippen LogP contribution in [0.5, 0.6) is 11.5 Å². The van der Waals surface area contributed by atoms with Crippen LogP contribution < -0.4 is 4.74 Å². The minimum absolute atomic E-state index is 0.609. The van der Waals surface area contributed by atoms with Gasteiger partial charge in [0.1, 0.15) is 11.5 Å². The van der Waals surface area contributed by atoms with Crippen molar-refractivity contribution in [3.8, 4) is 62.8 Å². The molecule has 0 fully saturated rings. The third-order valence-electron chi connectivity index (χ3n) is 18.5. The number of pyridine rings is 2. The molecule has 0 amide bonds. The molecule has 17 aromatic rings. The van der Waals surface area contributed by atoms with Gasteiger partial charge < -0.3 is 23.0 Å². The standard InChI is InChI=1S/C78H45N7O/c79-45-47-27-36-72-60(40-47)61-41-48(28-37-73(61)83(72)51-32-30-50(31-33-51)82-66-21-7-1-14-54(66)55-15-2-8-22-67(55)82)49-29-38-74-64(42-49)78(62-35-34-52(44-75(62)86-74)84-68-23-9-3-16-56(68)57-17-4-10-24-69(57)84)63-20-13-39-80-76(63)77-65(78)43-53(46-81-77)85-70-25-11-5-18-58(70)59-19-6-12-26-71(59)85/h1-44,46H. The highest BCUT2D eigenvalue weighted by atomic mass is 16.5. The lowest BCUT2D eigenvalue weighted by Gasteiger charge is -2.39. The maximum absolute atomic E-state index is 10.3. The van der Waals surface area contributed by atoms with Crippen molar-refractivity contribution in [1.82, 2.24) is 28.2 Å². The summed E-state index contributed by atoms with van der Waals surface area (Å²) >= 11 is 0. The van der Waals surface area contributed by atoms with Gasteiger partial charge in [0.15, 0.2) is 0 Å². The molecule has 8 heteroatoms. The summed E-state index contributed by atoms with van der Waals surface area (Å²) in [5.41, 5.74) is 20.5. The molecule has 0 N–H and O–H groups in total. The maximum Gasteiger partial charge on any atom is 0.134 e. The van der Waals surface area contributed by atoms with Crippen molar-refractivity contribution in [1.29, 1.82) is 5.26 Å². The summed E-state index contributed by atoms with van der Waals surface area (Å²) < 4.78 is 16.7. The number of ether oxygens (including phenoxy) is 1. The molecule has 2 aliphatic rings. The minimum Gasteiger partial charge on any atom is -0.457 e. The second-order valence-corrected chi connectivity index (χ2v) is 22.8. The third kappa shape index (κ3) is 6.24. The summed E-state index contributed by atoms with van der Waals surface area (Å²) in [5, 5.41) is 19.6. The van der Waals surface area contributed by atoms with Crippen LogP contribution in [0, 0.1) is 11.3 Å². The van der Waals surface area contributed by atoms with Gasteiger partial charge >= 0.3 is 0 Å². The molecule has 8 nitrogen and oxygen atoms in total. The molecule has 1 atom stereocenters. The van der Waals surface area contributed by atoms with Crippen LogP contribution >= 0.6 is 0 Å². The van der Waals surface area contributed by atoms with E-state index in [2.05, 4.69) is 273 Å². The predicted molar refractivity (Wildman–Crippen MR) is 347 cm³/mol. The Bertz CT molecular complexity index is 5690. The normalized spacial score (nSPS) is 14.2. The molecule has 1 spiro atoms. The van der Waals surface area contributed by atoms with Gasteiger partial charge in [0.2, 0.25) is 0 Å². The Morgan fingerprint density at radius 2 is 0.767 bits per heavy atom. The largest absolute Gasteiger partial charge is 0.457 e. The molecule has 398 valence electrons. The lowest BCUT2D eigenvalue weighted by atomic mass is 9.66. The van der Waals surface area contributed by atoms with Crippen LogP contribution in [-0.4, -0.2) is 28.2 Å². The van der Waals surface area contributed by atoms with Gasteiger partial charge in [-0.25, -0.2) is 0 Å². The van der Waals surface area contributed by atoms with Gasteiger partial charge in [-0.05, 0) is 138 Å². The highest BCUT2D eigenvalue weighted by Gasteiger charge is 2.53. The van der Waals surface area contributed by atoms with Gasteiger partial charge in [0.25, 0.3) is 0 Å². The summed E-state index contributed by atoms with van der Waals surface area (Å²) in [6.07, 6.45) is 3.90. The second-order valence-electron chi connectivity index (χ2n) is 22.8. The van der Waals surface area contributed by atoms with Crippen LogP contribution in [0.2, 0.25) is 0 Å². The molecule has 1 unspecified atom stereocenters. The van der Waals surface area contributed by atoms with E-state index in [1.165, 1.54) is 43.4 Å². The average Bonchev–Trinajstić information content (AvgIpc) is 1.48. The molecular formula is C78H45N7O. The molecule has 1 aliphatic heterocycles. The van der Waals surface area contributed by atoms with Crippen LogP contribution in [0.25, 0.3) is 132 Å². The lowest BCUT2D eigenvalue weighted by molar-refractivity contribution is 0.436. The summed E-state index contributed by atoms with van der Waals surface area (Å²) in [4.78, 5) is 10.7. The van der Waals surface area contributed by atoms with E-state index in [0.717, 1.165) is 123 Å². The van der Waals surface area contributed by atoms with Crippen LogP contribution in [0.15, 0.2) is 273 Å². The Balaban J connectivity index is 0.820. The smallest absolute Gasteiger partial charge is 0.134 e. The summed E-state index contributed by atoms with van der Waals surface area (Å²) in [6.45, 7) is 0. The lowest BCUT2D eigenvalue weighted by Crippen LogP contribution is -2.32. The number of fused-ring (bicyclic) bond motifs is 21. The molecule has 7 heterocycles. The highest BCUT2D eigenvalue weighted by molar-refractivity contribution is 6.13. The van der Waals surface area contributed by atoms with Crippen LogP contribution in [0.3, 0.4) is 0 Å². The van der Waals surface area contributed by atoms with Crippen molar-refractivity contribution in [3.63, 3.8) is 0 Å². The summed E-state index contributed by atoms with van der Waals surface area (Å²) in [5.74, 6) is 1.52. The Morgan fingerprint density at radius 1 is 0.314 bits per heavy atom. The Morgan fingerprint density at radius 3 is 1.33 bits per heavy atom. The van der Waals surface area contributed by atoms with E-state index in [-0.39, 0.29) is 0 Å². The Labute approximate surface area is 492 Å². The monoisotopic (exact) mass is 1100 g/mol. The SMILES string of the molecule is N#Cc1ccc2c(c1)c1cc(-c3ccc4c(c3)C3(c5ccc(-n6c7ccccc7c7ccccc76)cc5O4)c4cccnc4-c4ncc(-n5c6ccccc6c6ccccc65)cc43)ccc1n2-c1ccc(-n2c3ccccc3c3ccccc32)cc1. The third-order valence-corrected chi connectivity index (χ3v) is 18.5. The zero-order chi connectivity index (χ0) is 56.4. The number of benzene rings is 11. The van der Waals surface area contributed by atoms with Crippen molar-refractivity contribution in [2.45, 2.75) is 5.41 Å². The van der Waals surface area contributed by atoms with Gasteiger partial charge in [0, 0.05) is 89.1 Å². The zero-order valence-electron chi connectivity index (χ0n) is 46.0. The van der Waals surface area contributed by atoms with E-state index in [9.17, 15) is 5.26 Å². The molecular weight excluding hydrogens is 1050 g/mol. The minimum atomic E-state index is -0.924. The zero-order valence-corrected chi connectivity index (χ0v) is 46.0. The molecule has 86 heavy (non-hydrogen) atoms. The number of nitriles is 1. The molecule has 6 aromatic heterocycles. The van der Waals surface area contributed by atoms with E-state index in [0.29, 0.717) is 5.56 Å². The van der Waals surface area contributed by atoms with Crippen LogP contribution in [0.1, 0.15) is 27.8 Å². The Hall–Kier alpha value is -11.8. The van der Waals surface area contributed by atoms with Gasteiger partial charge in [-0.2, -0.15) is 5.26 Å². The topological polar surface area (TPSA) is 78.5 Å². The predicted octanol–water partition coefficient (Wildman–Crippen LogP) is 18.9. The van der Waals surface area contributed by atoms with Crippen LogP contribution in [0.4, 0.5) is 0 Å². The first-order chi connectivity index (χ1) is 42.6. The van der Waals surface area contributed by atoms with E-state index < -0.39 is 5.41 Å². The molecule has 11 aromatic carbocycles. The van der Waals surface area contributed by atoms with E-state index >= 15 is 0 Å². The van der Waals surface area contributed by atoms with Gasteiger partial charge in [-0.3, -0.25) is 9.97 Å². The number of hydrogen-bond donors (Lipinski definition) is 0. The van der Waals surface area contributed by atoms with Crippen molar-refractivity contribution in [2.75, 3.05) is 0 Å². The van der Waals surface area contributed by atoms with E-state index in [1.807, 2.05) is 24.5 Å². The molecule has 0 saturated carbocycles. The van der Waals surface area contributed by atoms with Gasteiger partial charge in [0.05, 0.1) is 84.5 Å². The number of nitrogens with zero attached hydrogens (tertiary/aromatic N) is 7. The molecule has 0 radical (unpaired) electrons. The Kier molecular flexibility index (Phi) is 9.45. The first kappa shape index (κ1) is 46.8. The molecule has 0 bridgehead atoms. The van der Waals surface area contributed by atoms with Gasteiger partial charge in [-0.15, -0.1) is 0 Å². The average molecular weight is 1100 g/mol. The van der Waals surface area contributed by atoms with Crippen molar-refractivity contribution >= 4 is 87.2 Å². The number of aromatic nitrogens is 6. The first-order valence-corrected chi connectivity index (χ1v) is 29.1. The summed E-state index contributed by atoms with van der Waals surface area (Å²) in [6, 6.07) is 96.0. The number of para-hydroxylation sites is 6. The van der Waals surface area contributed by atoms with E-state index in [4.69, 9.17) is 14.7 Å². The number of hydrogen-bond acceptors (Lipinski definition) is 4. The highest BCUT2D eigenvalue weighted by Crippen LogP contribution is 2.62. The van der Waals surface area contributed by atoms with Crippen molar-refractivity contribution < 1.29 is 4.74 Å². The second kappa shape index (κ2) is 17.4. The number of rotatable bonds is 5. The molecule has 1 aliphatic carbocycles. The van der Waals surface area contributed by atoms with Crippen molar-refractivity contribution in [2.24, 2.45) is 0 Å². The van der Waals surface area contributed by atoms with Crippen molar-refractivity contribution in [3.05, 3.63) is 301 Å². The molecule has 0 saturated heterocycles. The fourth-order valence-electron chi connectivity index (χ4n) is 15.0.